The molecule has 0 spiro atoms. The monoisotopic (exact) mass is 342 g/mol. The van der Waals surface area contributed by atoms with E-state index in [4.69, 9.17) is 14.2 Å². The van der Waals surface area contributed by atoms with E-state index in [0.717, 1.165) is 11.1 Å². The van der Waals surface area contributed by atoms with Crippen LogP contribution in [0, 0.1) is 6.92 Å². The predicted octanol–water partition coefficient (Wildman–Crippen LogP) is 2.93. The second-order valence-electron chi connectivity index (χ2n) is 5.36. The minimum Gasteiger partial charge on any atom is -0.493 e. The third-order valence-electron chi connectivity index (χ3n) is 3.60. The Hall–Kier alpha value is -3.02. The van der Waals surface area contributed by atoms with Crippen molar-refractivity contribution in [3.8, 4) is 17.2 Å². The van der Waals surface area contributed by atoms with Gasteiger partial charge in [-0.15, -0.1) is 0 Å². The molecule has 2 rings (SSSR count). The number of benzene rings is 2. The number of hydrogen-bond donors (Lipinski definition) is 1. The number of amides is 1. The molecule has 0 radical (unpaired) electrons. The molecule has 0 fully saturated rings. The van der Waals surface area contributed by atoms with Gasteiger partial charge < -0.3 is 14.2 Å². The number of nitrogens with zero attached hydrogens (tertiary/aromatic N) is 1. The number of nitrogens with one attached hydrogen (secondary N) is 1. The van der Waals surface area contributed by atoms with Crippen molar-refractivity contribution < 1.29 is 19.0 Å². The number of carbonyl (C=O) groups excluding carboxylic acids is 1. The Morgan fingerprint density at radius 3 is 2.44 bits per heavy atom. The van der Waals surface area contributed by atoms with Crippen molar-refractivity contribution in [1.82, 2.24) is 5.43 Å². The molecule has 0 bridgehead atoms. The molecule has 0 unspecified atom stereocenters. The van der Waals surface area contributed by atoms with Gasteiger partial charge in [-0.1, -0.05) is 18.2 Å². The van der Waals surface area contributed by atoms with Gasteiger partial charge in [0, 0.05) is 5.56 Å². The second kappa shape index (κ2) is 8.73. The quantitative estimate of drug-likeness (QED) is 0.620. The van der Waals surface area contributed by atoms with E-state index >= 15 is 0 Å². The highest BCUT2D eigenvalue weighted by Gasteiger charge is 2.08. The largest absolute Gasteiger partial charge is 0.493 e. The summed E-state index contributed by atoms with van der Waals surface area (Å²) < 4.78 is 16.0. The number of hydrazone groups is 1. The molecule has 0 saturated carbocycles. The molecule has 132 valence electrons. The first-order chi connectivity index (χ1) is 12.0. The van der Waals surface area contributed by atoms with E-state index < -0.39 is 0 Å². The van der Waals surface area contributed by atoms with Crippen LogP contribution in [0.25, 0.3) is 0 Å². The molecule has 2 aromatic rings. The third kappa shape index (κ3) is 4.97. The number of methoxy groups -OCH3 is 2. The molecule has 1 N–H and O–H groups in total. The first kappa shape index (κ1) is 18.3. The Morgan fingerprint density at radius 2 is 1.76 bits per heavy atom. The zero-order valence-corrected chi connectivity index (χ0v) is 14.8. The summed E-state index contributed by atoms with van der Waals surface area (Å²) in [5, 5.41) is 4.10. The molecular formula is C19H22N2O4. The Bertz CT molecular complexity index is 772. The van der Waals surface area contributed by atoms with Gasteiger partial charge in [-0.2, -0.15) is 5.10 Å². The normalized spacial score (nSPS) is 11.0. The lowest BCUT2D eigenvalue weighted by molar-refractivity contribution is -0.123. The van der Waals surface area contributed by atoms with Crippen molar-refractivity contribution in [2.45, 2.75) is 13.8 Å². The number of carbonyl (C=O) groups is 1. The standard InChI is InChI=1S/C19H22N2O4/c1-13-7-5-6-8-16(13)25-12-19(22)21-20-14(2)15-9-10-17(23-3)18(11-15)24-4/h5-11H,12H2,1-4H3,(H,21,22)/b20-14+. The Labute approximate surface area is 147 Å². The minimum absolute atomic E-state index is 0.104. The van der Waals surface area contributed by atoms with Crippen LogP contribution in [-0.2, 0) is 4.79 Å². The fourth-order valence-electron chi connectivity index (χ4n) is 2.17. The van der Waals surface area contributed by atoms with Crippen molar-refractivity contribution in [1.29, 1.82) is 0 Å². The van der Waals surface area contributed by atoms with E-state index in [1.807, 2.05) is 37.3 Å². The molecule has 6 nitrogen and oxygen atoms in total. The first-order valence-corrected chi connectivity index (χ1v) is 7.79. The molecule has 0 atom stereocenters. The van der Waals surface area contributed by atoms with Crippen molar-refractivity contribution in [3.63, 3.8) is 0 Å². The van der Waals surface area contributed by atoms with Gasteiger partial charge in [0.1, 0.15) is 5.75 Å². The molecule has 0 aromatic heterocycles. The SMILES string of the molecule is COc1ccc(/C(C)=N/NC(=O)COc2ccccc2C)cc1OC. The van der Waals surface area contributed by atoms with Gasteiger partial charge in [0.05, 0.1) is 19.9 Å². The molecule has 0 saturated heterocycles. The van der Waals surface area contributed by atoms with Gasteiger partial charge in [0.15, 0.2) is 18.1 Å². The molecule has 0 aliphatic heterocycles. The Morgan fingerprint density at radius 1 is 1.04 bits per heavy atom. The van der Waals surface area contributed by atoms with Crippen LogP contribution in [0.1, 0.15) is 18.1 Å². The van der Waals surface area contributed by atoms with Crippen LogP contribution < -0.4 is 19.6 Å². The van der Waals surface area contributed by atoms with Gasteiger partial charge in [-0.3, -0.25) is 4.79 Å². The van der Waals surface area contributed by atoms with E-state index in [2.05, 4.69) is 10.5 Å². The van der Waals surface area contributed by atoms with E-state index in [1.165, 1.54) is 0 Å². The van der Waals surface area contributed by atoms with E-state index in [9.17, 15) is 4.79 Å². The summed E-state index contributed by atoms with van der Waals surface area (Å²) in [6, 6.07) is 13.0. The lowest BCUT2D eigenvalue weighted by atomic mass is 10.1. The second-order valence-corrected chi connectivity index (χ2v) is 5.36. The Kier molecular flexibility index (Phi) is 6.39. The fourth-order valence-corrected chi connectivity index (χ4v) is 2.17. The summed E-state index contributed by atoms with van der Waals surface area (Å²) in [7, 11) is 3.14. The highest BCUT2D eigenvalue weighted by atomic mass is 16.5. The Balaban J connectivity index is 1.96. The van der Waals surface area contributed by atoms with Gasteiger partial charge in [-0.25, -0.2) is 5.43 Å². The summed E-state index contributed by atoms with van der Waals surface area (Å²) in [5.74, 6) is 1.58. The van der Waals surface area contributed by atoms with Crippen LogP contribution in [0.5, 0.6) is 17.2 Å². The predicted molar refractivity (Wildman–Crippen MR) is 96.6 cm³/mol. The van der Waals surface area contributed by atoms with Gasteiger partial charge in [0.2, 0.25) is 0 Å². The minimum atomic E-state index is -0.330. The average Bonchev–Trinajstić information content (AvgIpc) is 2.64. The smallest absolute Gasteiger partial charge is 0.277 e. The molecule has 6 heteroatoms. The topological polar surface area (TPSA) is 69.2 Å². The maximum Gasteiger partial charge on any atom is 0.277 e. The van der Waals surface area contributed by atoms with Crippen LogP contribution in [0.2, 0.25) is 0 Å². The lowest BCUT2D eigenvalue weighted by Crippen LogP contribution is -2.25. The van der Waals surface area contributed by atoms with E-state index in [-0.39, 0.29) is 12.5 Å². The molecular weight excluding hydrogens is 320 g/mol. The summed E-state index contributed by atoms with van der Waals surface area (Å²) in [6.07, 6.45) is 0. The molecule has 0 heterocycles. The zero-order chi connectivity index (χ0) is 18.2. The maximum atomic E-state index is 11.9. The van der Waals surface area contributed by atoms with Crippen molar-refractivity contribution >= 4 is 11.6 Å². The summed E-state index contributed by atoms with van der Waals surface area (Å²) in [5.41, 5.74) is 4.92. The molecule has 25 heavy (non-hydrogen) atoms. The lowest BCUT2D eigenvalue weighted by Gasteiger charge is -2.10. The highest BCUT2D eigenvalue weighted by Crippen LogP contribution is 2.27. The van der Waals surface area contributed by atoms with Gasteiger partial charge in [-0.05, 0) is 43.7 Å². The first-order valence-electron chi connectivity index (χ1n) is 7.79. The molecule has 2 aromatic carbocycles. The number of para-hydroxylation sites is 1. The number of rotatable bonds is 7. The van der Waals surface area contributed by atoms with E-state index in [1.54, 1.807) is 33.3 Å². The van der Waals surface area contributed by atoms with Gasteiger partial charge >= 0.3 is 0 Å². The summed E-state index contributed by atoms with van der Waals surface area (Å²) in [6.45, 7) is 3.61. The maximum absolute atomic E-state index is 11.9. The van der Waals surface area contributed by atoms with Crippen LogP contribution in [0.15, 0.2) is 47.6 Å². The third-order valence-corrected chi connectivity index (χ3v) is 3.60. The molecule has 1 amide bonds. The average molecular weight is 342 g/mol. The number of aryl methyl sites for hydroxylation is 1. The summed E-state index contributed by atoms with van der Waals surface area (Å²) in [4.78, 5) is 11.9. The van der Waals surface area contributed by atoms with Crippen molar-refractivity contribution in [2.75, 3.05) is 20.8 Å². The number of hydrogen-bond acceptors (Lipinski definition) is 5. The van der Waals surface area contributed by atoms with Crippen molar-refractivity contribution in [3.05, 3.63) is 53.6 Å². The molecule has 0 aliphatic carbocycles. The van der Waals surface area contributed by atoms with E-state index in [0.29, 0.717) is 23.0 Å². The van der Waals surface area contributed by atoms with Crippen molar-refractivity contribution in [2.24, 2.45) is 5.10 Å². The fraction of sp³-hybridized carbons (Fsp3) is 0.263. The molecule has 0 aliphatic rings. The van der Waals surface area contributed by atoms with Crippen LogP contribution >= 0.6 is 0 Å². The highest BCUT2D eigenvalue weighted by molar-refractivity contribution is 5.99. The summed E-state index contributed by atoms with van der Waals surface area (Å²) >= 11 is 0. The zero-order valence-electron chi connectivity index (χ0n) is 14.8. The number of ether oxygens (including phenoxy) is 3. The van der Waals surface area contributed by atoms with Crippen LogP contribution in [0.3, 0.4) is 0 Å². The van der Waals surface area contributed by atoms with Gasteiger partial charge in [0.25, 0.3) is 5.91 Å². The van der Waals surface area contributed by atoms with Crippen LogP contribution in [0.4, 0.5) is 0 Å². The van der Waals surface area contributed by atoms with Crippen LogP contribution in [-0.4, -0.2) is 32.4 Å².